The highest BCUT2D eigenvalue weighted by molar-refractivity contribution is 5.92. The smallest absolute Gasteiger partial charge is 0.408 e. The molecule has 1 aromatic rings. The van der Waals surface area contributed by atoms with Crippen molar-refractivity contribution < 1.29 is 19.1 Å². The second-order valence-electron chi connectivity index (χ2n) is 12.0. The molecule has 0 radical (unpaired) electrons. The molecule has 0 heterocycles. The number of hydrogen-bond donors (Lipinski definition) is 2. The minimum Gasteiger partial charge on any atom is -0.444 e. The molecule has 7 nitrogen and oxygen atoms in total. The van der Waals surface area contributed by atoms with Crippen LogP contribution in [0.4, 0.5) is 4.79 Å². The van der Waals surface area contributed by atoms with Crippen LogP contribution in [-0.4, -0.2) is 47.0 Å². The van der Waals surface area contributed by atoms with Crippen LogP contribution in [-0.2, 0) is 14.3 Å². The molecule has 0 bridgehead atoms. The van der Waals surface area contributed by atoms with Gasteiger partial charge in [-0.15, -0.1) is 0 Å². The highest BCUT2D eigenvalue weighted by Crippen LogP contribution is 2.26. The van der Waals surface area contributed by atoms with E-state index in [-0.39, 0.29) is 23.8 Å². The SMILES string of the molecule is CCCCCCCN(C(=O)C(NC(=O)OC(C)(C)C)C(C)C)C(C(=O)NC1CCCCC1)c1ccccc1. The molecule has 1 aromatic carbocycles. The number of carbonyl (C=O) groups excluding carboxylic acids is 3. The summed E-state index contributed by atoms with van der Waals surface area (Å²) in [4.78, 5) is 42.5. The van der Waals surface area contributed by atoms with Crippen molar-refractivity contribution in [1.29, 1.82) is 0 Å². The number of rotatable bonds is 13. The Morgan fingerprint density at radius 2 is 1.61 bits per heavy atom. The summed E-state index contributed by atoms with van der Waals surface area (Å²) >= 11 is 0. The molecule has 0 aromatic heterocycles. The molecule has 2 rings (SSSR count). The van der Waals surface area contributed by atoms with E-state index >= 15 is 0 Å². The minimum atomic E-state index is -0.811. The molecule has 1 fully saturated rings. The van der Waals surface area contributed by atoms with E-state index in [0.717, 1.165) is 63.4 Å². The highest BCUT2D eigenvalue weighted by atomic mass is 16.6. The third kappa shape index (κ3) is 10.7. The Kier molecular flexibility index (Phi) is 13.1. The third-order valence-electron chi connectivity index (χ3n) is 7.02. The lowest BCUT2D eigenvalue weighted by molar-refractivity contribution is -0.143. The molecule has 214 valence electrons. The first-order valence-corrected chi connectivity index (χ1v) is 14.7. The second kappa shape index (κ2) is 15.7. The lowest BCUT2D eigenvalue weighted by Gasteiger charge is -2.36. The van der Waals surface area contributed by atoms with Crippen LogP contribution in [0.25, 0.3) is 0 Å². The van der Waals surface area contributed by atoms with Gasteiger partial charge in [-0.1, -0.05) is 96.0 Å². The first kappa shape index (κ1) is 31.6. The largest absolute Gasteiger partial charge is 0.444 e. The minimum absolute atomic E-state index is 0.129. The van der Waals surface area contributed by atoms with Crippen molar-refractivity contribution in [1.82, 2.24) is 15.5 Å². The van der Waals surface area contributed by atoms with E-state index in [1.165, 1.54) is 6.42 Å². The number of nitrogens with zero attached hydrogens (tertiary/aromatic N) is 1. The first-order valence-electron chi connectivity index (χ1n) is 14.7. The summed E-state index contributed by atoms with van der Waals surface area (Å²) in [5.74, 6) is -0.589. The Hall–Kier alpha value is -2.57. The van der Waals surface area contributed by atoms with E-state index in [1.54, 1.807) is 25.7 Å². The maximum Gasteiger partial charge on any atom is 0.408 e. The molecule has 1 aliphatic carbocycles. The summed E-state index contributed by atoms with van der Waals surface area (Å²) < 4.78 is 5.47. The van der Waals surface area contributed by atoms with Crippen molar-refractivity contribution in [3.63, 3.8) is 0 Å². The number of carbonyl (C=O) groups is 3. The van der Waals surface area contributed by atoms with Gasteiger partial charge in [-0.05, 0) is 51.5 Å². The van der Waals surface area contributed by atoms with Gasteiger partial charge in [0.15, 0.2) is 0 Å². The molecule has 0 spiro atoms. The Balaban J connectivity index is 2.38. The maximum absolute atomic E-state index is 14.2. The summed E-state index contributed by atoms with van der Waals surface area (Å²) in [6.45, 7) is 11.8. The van der Waals surface area contributed by atoms with Gasteiger partial charge in [-0.2, -0.15) is 0 Å². The fourth-order valence-corrected chi connectivity index (χ4v) is 5.01. The summed E-state index contributed by atoms with van der Waals surface area (Å²) in [5, 5.41) is 6.07. The van der Waals surface area contributed by atoms with E-state index in [4.69, 9.17) is 4.74 Å². The van der Waals surface area contributed by atoms with E-state index in [0.29, 0.717) is 6.54 Å². The Morgan fingerprint density at radius 1 is 0.974 bits per heavy atom. The molecule has 2 atom stereocenters. The van der Waals surface area contributed by atoms with Crippen LogP contribution in [0.1, 0.15) is 117 Å². The molecule has 0 saturated heterocycles. The lowest BCUT2D eigenvalue weighted by atomic mass is 9.94. The number of unbranched alkanes of at least 4 members (excludes halogenated alkanes) is 4. The first-order chi connectivity index (χ1) is 18.0. The number of ether oxygens (including phenoxy) is 1. The van der Waals surface area contributed by atoms with Crippen molar-refractivity contribution in [2.24, 2.45) is 5.92 Å². The van der Waals surface area contributed by atoms with Crippen LogP contribution in [0.15, 0.2) is 30.3 Å². The van der Waals surface area contributed by atoms with Crippen LogP contribution in [0.2, 0.25) is 0 Å². The van der Waals surface area contributed by atoms with E-state index < -0.39 is 23.8 Å². The molecule has 2 unspecified atom stereocenters. The zero-order valence-corrected chi connectivity index (χ0v) is 24.6. The van der Waals surface area contributed by atoms with Crippen LogP contribution in [0.3, 0.4) is 0 Å². The van der Waals surface area contributed by atoms with Crippen molar-refractivity contribution in [3.05, 3.63) is 35.9 Å². The topological polar surface area (TPSA) is 87.7 Å². The van der Waals surface area contributed by atoms with Gasteiger partial charge in [0.25, 0.3) is 0 Å². The van der Waals surface area contributed by atoms with Crippen LogP contribution in [0, 0.1) is 5.92 Å². The summed E-state index contributed by atoms with van der Waals surface area (Å²) in [6.07, 6.45) is 9.86. The number of amides is 3. The van der Waals surface area contributed by atoms with Crippen LogP contribution in [0.5, 0.6) is 0 Å². The van der Waals surface area contributed by atoms with E-state index in [2.05, 4.69) is 17.6 Å². The molecule has 1 aliphatic rings. The van der Waals surface area contributed by atoms with Crippen LogP contribution < -0.4 is 10.6 Å². The molecule has 7 heteroatoms. The Bertz CT molecular complexity index is 860. The van der Waals surface area contributed by atoms with Crippen molar-refractivity contribution in [3.8, 4) is 0 Å². The van der Waals surface area contributed by atoms with Gasteiger partial charge in [0.1, 0.15) is 17.7 Å². The zero-order valence-electron chi connectivity index (χ0n) is 24.6. The lowest BCUT2D eigenvalue weighted by Crippen LogP contribution is -2.55. The van der Waals surface area contributed by atoms with Gasteiger partial charge >= 0.3 is 6.09 Å². The monoisotopic (exact) mass is 529 g/mol. The van der Waals surface area contributed by atoms with E-state index in [9.17, 15) is 14.4 Å². The van der Waals surface area contributed by atoms with Gasteiger partial charge in [-0.3, -0.25) is 9.59 Å². The quantitative estimate of drug-likeness (QED) is 0.285. The molecule has 38 heavy (non-hydrogen) atoms. The zero-order chi connectivity index (χ0) is 28.1. The van der Waals surface area contributed by atoms with E-state index in [1.807, 2.05) is 44.2 Å². The predicted octanol–water partition coefficient (Wildman–Crippen LogP) is 6.52. The average Bonchev–Trinajstić information content (AvgIpc) is 2.86. The van der Waals surface area contributed by atoms with Crippen molar-refractivity contribution in [2.75, 3.05) is 6.54 Å². The molecular weight excluding hydrogens is 478 g/mol. The summed E-state index contributed by atoms with van der Waals surface area (Å²) in [5.41, 5.74) is 0.0996. The summed E-state index contributed by atoms with van der Waals surface area (Å²) in [6, 6.07) is 8.09. The van der Waals surface area contributed by atoms with Crippen molar-refractivity contribution >= 4 is 17.9 Å². The summed E-state index contributed by atoms with van der Waals surface area (Å²) in [7, 11) is 0. The number of hydrogen-bond acceptors (Lipinski definition) is 4. The molecule has 0 aliphatic heterocycles. The fourth-order valence-electron chi connectivity index (χ4n) is 5.01. The standard InChI is InChI=1S/C31H51N3O4/c1-7-8-9-10-17-22-34(29(36)26(23(2)3)33-30(37)38-31(4,5)6)27(24-18-13-11-14-19-24)28(35)32-25-20-15-12-16-21-25/h11,13-14,18-19,23,25-27H,7-10,12,15-17,20-22H2,1-6H3,(H,32,35)(H,33,37). The fraction of sp³-hybridized carbons (Fsp3) is 0.710. The van der Waals surface area contributed by atoms with Gasteiger partial charge in [-0.25, -0.2) is 4.79 Å². The number of benzene rings is 1. The highest BCUT2D eigenvalue weighted by Gasteiger charge is 2.37. The van der Waals surface area contributed by atoms with Gasteiger partial charge < -0.3 is 20.3 Å². The number of alkyl carbamates (subject to hydrolysis) is 1. The van der Waals surface area contributed by atoms with Gasteiger partial charge in [0, 0.05) is 12.6 Å². The Labute approximate surface area is 230 Å². The van der Waals surface area contributed by atoms with Crippen LogP contribution >= 0.6 is 0 Å². The average molecular weight is 530 g/mol. The predicted molar refractivity (Wildman–Crippen MR) is 153 cm³/mol. The second-order valence-corrected chi connectivity index (χ2v) is 12.0. The number of nitrogens with one attached hydrogen (secondary N) is 2. The van der Waals surface area contributed by atoms with Gasteiger partial charge in [0.05, 0.1) is 0 Å². The maximum atomic E-state index is 14.2. The molecule has 2 N–H and O–H groups in total. The van der Waals surface area contributed by atoms with Crippen molar-refractivity contribution in [2.45, 2.75) is 129 Å². The van der Waals surface area contributed by atoms with Gasteiger partial charge in [0.2, 0.25) is 11.8 Å². The Morgan fingerprint density at radius 3 is 2.18 bits per heavy atom. The molecule has 1 saturated carbocycles. The third-order valence-corrected chi connectivity index (χ3v) is 7.02. The molecule has 3 amide bonds. The molecular formula is C31H51N3O4. The normalized spacial score (nSPS) is 16.0.